The third-order valence-corrected chi connectivity index (χ3v) is 3.61. The lowest BCUT2D eigenvalue weighted by molar-refractivity contribution is 0.411. The Labute approximate surface area is 102 Å². The molecule has 0 aromatic carbocycles. The Morgan fingerprint density at radius 1 is 1.62 bits per heavy atom. The van der Waals surface area contributed by atoms with Crippen molar-refractivity contribution in [3.63, 3.8) is 0 Å². The Hall–Kier alpha value is -1.07. The Morgan fingerprint density at radius 3 is 3.25 bits per heavy atom. The number of nitrogens with one attached hydrogen (secondary N) is 1. The summed E-state index contributed by atoms with van der Waals surface area (Å²) < 4.78 is 8.46. The standard InChI is InChI=1S/C11H12BrN3O/c1-15-10(8(12)6-14-15)9-11-7(2-4-13-9)3-5-16-11/h3,5-6,9,13H,2,4H2,1H3. The van der Waals surface area contributed by atoms with Crippen molar-refractivity contribution in [3.8, 4) is 0 Å². The van der Waals surface area contributed by atoms with Crippen molar-refractivity contribution in [2.24, 2.45) is 7.05 Å². The Kier molecular flexibility index (Phi) is 2.37. The highest BCUT2D eigenvalue weighted by atomic mass is 79.9. The SMILES string of the molecule is Cn1ncc(Br)c1C1NCCc2ccoc21. The summed E-state index contributed by atoms with van der Waals surface area (Å²) in [5.74, 6) is 1.01. The molecule has 0 radical (unpaired) electrons. The fourth-order valence-corrected chi connectivity index (χ4v) is 2.79. The molecule has 4 nitrogen and oxygen atoms in total. The van der Waals surface area contributed by atoms with Crippen molar-refractivity contribution >= 4 is 15.9 Å². The second kappa shape index (κ2) is 3.75. The third kappa shape index (κ3) is 1.43. The van der Waals surface area contributed by atoms with Gasteiger partial charge in [0.15, 0.2) is 0 Å². The Morgan fingerprint density at radius 2 is 2.50 bits per heavy atom. The molecule has 3 heterocycles. The van der Waals surface area contributed by atoms with Gasteiger partial charge >= 0.3 is 0 Å². The number of hydrogen-bond acceptors (Lipinski definition) is 3. The second-order valence-electron chi connectivity index (χ2n) is 3.95. The van der Waals surface area contributed by atoms with Crippen LogP contribution in [0.5, 0.6) is 0 Å². The van der Waals surface area contributed by atoms with Crippen LogP contribution in [-0.4, -0.2) is 16.3 Å². The lowest BCUT2D eigenvalue weighted by Gasteiger charge is -2.23. The second-order valence-corrected chi connectivity index (χ2v) is 4.80. The summed E-state index contributed by atoms with van der Waals surface area (Å²) in [6, 6.07) is 2.15. The van der Waals surface area contributed by atoms with E-state index in [0.717, 1.165) is 28.9 Å². The molecular formula is C11H12BrN3O. The van der Waals surface area contributed by atoms with E-state index in [-0.39, 0.29) is 6.04 Å². The van der Waals surface area contributed by atoms with E-state index in [1.54, 1.807) is 6.26 Å². The third-order valence-electron chi connectivity index (χ3n) is 3.00. The first-order valence-electron chi connectivity index (χ1n) is 5.24. The number of aromatic nitrogens is 2. The maximum Gasteiger partial charge on any atom is 0.130 e. The van der Waals surface area contributed by atoms with Gasteiger partial charge in [-0.05, 0) is 34.0 Å². The zero-order valence-corrected chi connectivity index (χ0v) is 10.5. The molecule has 0 spiro atoms. The molecule has 1 aliphatic rings. The number of fused-ring (bicyclic) bond motifs is 1. The quantitative estimate of drug-likeness (QED) is 0.870. The normalized spacial score (nSPS) is 19.8. The van der Waals surface area contributed by atoms with Crippen LogP contribution in [0.3, 0.4) is 0 Å². The number of rotatable bonds is 1. The van der Waals surface area contributed by atoms with Crippen LogP contribution >= 0.6 is 15.9 Å². The average Bonchev–Trinajstić information content (AvgIpc) is 2.86. The molecule has 3 rings (SSSR count). The minimum Gasteiger partial charge on any atom is -0.467 e. The van der Waals surface area contributed by atoms with E-state index in [1.807, 2.05) is 24.0 Å². The first-order chi connectivity index (χ1) is 7.77. The van der Waals surface area contributed by atoms with Gasteiger partial charge in [-0.25, -0.2) is 0 Å². The van der Waals surface area contributed by atoms with Crippen molar-refractivity contribution in [1.82, 2.24) is 15.1 Å². The Balaban J connectivity index is 2.10. The smallest absolute Gasteiger partial charge is 0.130 e. The minimum absolute atomic E-state index is 0.0978. The highest BCUT2D eigenvalue weighted by Crippen LogP contribution is 2.32. The molecule has 1 unspecified atom stereocenters. The summed E-state index contributed by atoms with van der Waals surface area (Å²) in [5.41, 5.74) is 2.40. The molecule has 0 fully saturated rings. The van der Waals surface area contributed by atoms with Gasteiger partial charge in [0.1, 0.15) is 11.8 Å². The molecule has 0 aliphatic carbocycles. The summed E-state index contributed by atoms with van der Waals surface area (Å²) >= 11 is 3.53. The average molecular weight is 282 g/mol. The molecule has 2 aromatic rings. The molecule has 1 atom stereocenters. The van der Waals surface area contributed by atoms with Crippen LogP contribution in [0.15, 0.2) is 27.4 Å². The maximum absolute atomic E-state index is 5.58. The summed E-state index contributed by atoms with van der Waals surface area (Å²) in [4.78, 5) is 0. The van der Waals surface area contributed by atoms with E-state index >= 15 is 0 Å². The molecule has 1 N–H and O–H groups in total. The van der Waals surface area contributed by atoms with Gasteiger partial charge in [0.2, 0.25) is 0 Å². The predicted molar refractivity (Wildman–Crippen MR) is 63.2 cm³/mol. The van der Waals surface area contributed by atoms with Gasteiger partial charge in [-0.3, -0.25) is 4.68 Å². The molecule has 0 saturated heterocycles. The molecule has 0 bridgehead atoms. The van der Waals surface area contributed by atoms with Gasteiger partial charge in [0.05, 0.1) is 22.6 Å². The van der Waals surface area contributed by atoms with Crippen molar-refractivity contribution in [3.05, 3.63) is 40.0 Å². The number of halogens is 1. The molecule has 16 heavy (non-hydrogen) atoms. The van der Waals surface area contributed by atoms with Gasteiger partial charge in [0, 0.05) is 13.6 Å². The fourth-order valence-electron chi connectivity index (χ4n) is 2.22. The van der Waals surface area contributed by atoms with Crippen molar-refractivity contribution in [1.29, 1.82) is 0 Å². The number of furan rings is 1. The van der Waals surface area contributed by atoms with Crippen LogP contribution in [0.1, 0.15) is 23.1 Å². The number of hydrogen-bond donors (Lipinski definition) is 1. The largest absolute Gasteiger partial charge is 0.467 e. The highest BCUT2D eigenvalue weighted by Gasteiger charge is 2.28. The fraction of sp³-hybridized carbons (Fsp3) is 0.364. The Bertz CT molecular complexity index is 498. The molecule has 2 aromatic heterocycles. The van der Waals surface area contributed by atoms with Gasteiger partial charge in [-0.2, -0.15) is 5.10 Å². The van der Waals surface area contributed by atoms with Crippen LogP contribution in [0.25, 0.3) is 0 Å². The van der Waals surface area contributed by atoms with Crippen molar-refractivity contribution in [2.45, 2.75) is 12.5 Å². The molecular weight excluding hydrogens is 270 g/mol. The first kappa shape index (κ1) is 10.1. The van der Waals surface area contributed by atoms with E-state index in [1.165, 1.54) is 5.56 Å². The molecule has 5 heteroatoms. The van der Waals surface area contributed by atoms with Crippen LogP contribution in [-0.2, 0) is 13.5 Å². The summed E-state index contributed by atoms with van der Waals surface area (Å²) in [6.07, 6.45) is 4.60. The van der Waals surface area contributed by atoms with Crippen LogP contribution in [0.2, 0.25) is 0 Å². The van der Waals surface area contributed by atoms with Crippen molar-refractivity contribution in [2.75, 3.05) is 6.54 Å². The lowest BCUT2D eigenvalue weighted by atomic mass is 10.0. The van der Waals surface area contributed by atoms with Gasteiger partial charge in [0.25, 0.3) is 0 Å². The van der Waals surface area contributed by atoms with E-state index in [9.17, 15) is 0 Å². The van der Waals surface area contributed by atoms with Gasteiger partial charge < -0.3 is 9.73 Å². The molecule has 0 saturated carbocycles. The summed E-state index contributed by atoms with van der Waals surface area (Å²) in [7, 11) is 1.94. The number of aryl methyl sites for hydroxylation is 1. The van der Waals surface area contributed by atoms with Crippen LogP contribution in [0.4, 0.5) is 0 Å². The van der Waals surface area contributed by atoms with E-state index < -0.39 is 0 Å². The van der Waals surface area contributed by atoms with E-state index in [4.69, 9.17) is 4.42 Å². The van der Waals surface area contributed by atoms with Gasteiger partial charge in [-0.1, -0.05) is 0 Å². The zero-order chi connectivity index (χ0) is 11.1. The van der Waals surface area contributed by atoms with Crippen LogP contribution < -0.4 is 5.32 Å². The first-order valence-corrected chi connectivity index (χ1v) is 6.03. The number of nitrogens with zero attached hydrogens (tertiary/aromatic N) is 2. The van der Waals surface area contributed by atoms with Crippen molar-refractivity contribution < 1.29 is 4.42 Å². The predicted octanol–water partition coefficient (Wildman–Crippen LogP) is 2.01. The van der Waals surface area contributed by atoms with Crippen LogP contribution in [0, 0.1) is 0 Å². The maximum atomic E-state index is 5.58. The van der Waals surface area contributed by atoms with Gasteiger partial charge in [-0.15, -0.1) is 0 Å². The highest BCUT2D eigenvalue weighted by molar-refractivity contribution is 9.10. The zero-order valence-electron chi connectivity index (χ0n) is 8.90. The van der Waals surface area contributed by atoms with E-state index in [0.29, 0.717) is 0 Å². The molecule has 0 amide bonds. The minimum atomic E-state index is 0.0978. The monoisotopic (exact) mass is 281 g/mol. The molecule has 84 valence electrons. The summed E-state index contributed by atoms with van der Waals surface area (Å²) in [5, 5.41) is 7.70. The topological polar surface area (TPSA) is 43.0 Å². The van der Waals surface area contributed by atoms with E-state index in [2.05, 4.69) is 26.3 Å². The molecule has 1 aliphatic heterocycles. The lowest BCUT2D eigenvalue weighted by Crippen LogP contribution is -2.31. The summed E-state index contributed by atoms with van der Waals surface area (Å²) in [6.45, 7) is 0.967.